The number of hydrogen-bond donors (Lipinski definition) is 7. The highest BCUT2D eigenvalue weighted by Gasteiger charge is 2.29. The third kappa shape index (κ3) is 13.1. The van der Waals surface area contributed by atoms with Gasteiger partial charge >= 0.3 is 11.9 Å². The van der Waals surface area contributed by atoms with Gasteiger partial charge in [0.15, 0.2) is 0 Å². The van der Waals surface area contributed by atoms with E-state index < -0.39 is 35.9 Å². The van der Waals surface area contributed by atoms with Crippen molar-refractivity contribution in [1.29, 1.82) is 0 Å². The topological polar surface area (TPSA) is 191 Å². The summed E-state index contributed by atoms with van der Waals surface area (Å²) in [6, 6.07) is -2.83. The van der Waals surface area contributed by atoms with E-state index in [4.69, 9.17) is 11.5 Å². The molecular formula is C20H39N6O5+. The Morgan fingerprint density at radius 3 is 1.68 bits per heavy atom. The second kappa shape index (κ2) is 14.2. The van der Waals surface area contributed by atoms with Crippen LogP contribution < -0.4 is 32.4 Å². The van der Waals surface area contributed by atoms with Crippen LogP contribution in [0, 0.1) is 11.8 Å². The molecule has 31 heavy (non-hydrogen) atoms. The maximum Gasteiger partial charge on any atom is 0.338 e. The molecule has 0 aromatic carbocycles. The molecule has 0 rings (SSSR count). The first-order valence-electron chi connectivity index (χ1n) is 10.6. The van der Waals surface area contributed by atoms with Crippen LogP contribution in [0.15, 0.2) is 0 Å². The Kier molecular flexibility index (Phi) is 12.9. The van der Waals surface area contributed by atoms with E-state index in [1.54, 1.807) is 0 Å². The summed E-state index contributed by atoms with van der Waals surface area (Å²) in [4.78, 5) is 51.3. The van der Waals surface area contributed by atoms with E-state index in [1.807, 2.05) is 27.7 Å². The van der Waals surface area contributed by atoms with Gasteiger partial charge in [0.05, 0.1) is 6.54 Å². The van der Waals surface area contributed by atoms with Gasteiger partial charge in [-0.25, -0.2) is 4.79 Å². The number of carbonyl (C=O) groups excluding carboxylic acids is 3. The van der Waals surface area contributed by atoms with Crippen LogP contribution in [0.25, 0.3) is 0 Å². The number of amides is 3. The Bertz CT molecular complexity index is 646. The maximum atomic E-state index is 12.8. The Morgan fingerprint density at radius 1 is 0.839 bits per heavy atom. The van der Waals surface area contributed by atoms with Gasteiger partial charge in [-0.2, -0.15) is 0 Å². The van der Waals surface area contributed by atoms with E-state index in [9.17, 15) is 24.3 Å². The molecule has 178 valence electrons. The molecule has 0 spiro atoms. The number of carboxylic acid groups (broad SMARTS) is 1. The van der Waals surface area contributed by atoms with Gasteiger partial charge in [0, 0.05) is 6.92 Å². The van der Waals surface area contributed by atoms with Gasteiger partial charge in [-0.1, -0.05) is 27.7 Å². The van der Waals surface area contributed by atoms with Crippen LogP contribution in [0.4, 0.5) is 0 Å². The fourth-order valence-electron chi connectivity index (χ4n) is 2.99. The van der Waals surface area contributed by atoms with Crippen LogP contribution >= 0.6 is 0 Å². The predicted molar refractivity (Wildman–Crippen MR) is 116 cm³/mol. The zero-order valence-electron chi connectivity index (χ0n) is 19.2. The van der Waals surface area contributed by atoms with Gasteiger partial charge < -0.3 is 21.1 Å². The fraction of sp³-hybridized carbons (Fsp3) is 0.750. The van der Waals surface area contributed by atoms with Crippen molar-refractivity contribution in [1.82, 2.24) is 16.0 Å². The van der Waals surface area contributed by atoms with Crippen molar-refractivity contribution in [2.24, 2.45) is 23.3 Å². The average Bonchev–Trinajstić information content (AvgIpc) is 2.61. The summed E-state index contributed by atoms with van der Waals surface area (Å²) in [5.41, 5.74) is 10.6. The molecule has 0 heterocycles. The number of nitrogens with two attached hydrogens (primary N) is 2. The molecule has 0 aliphatic heterocycles. The van der Waals surface area contributed by atoms with Crippen LogP contribution in [0.1, 0.15) is 60.3 Å². The lowest BCUT2D eigenvalue weighted by atomic mass is 9.99. The number of rotatable bonds is 14. The zero-order valence-corrected chi connectivity index (χ0v) is 19.2. The third-order valence-electron chi connectivity index (χ3n) is 4.35. The molecular weight excluding hydrogens is 404 g/mol. The van der Waals surface area contributed by atoms with E-state index in [1.165, 1.54) is 6.92 Å². The van der Waals surface area contributed by atoms with Gasteiger partial charge in [-0.15, -0.1) is 0 Å². The van der Waals surface area contributed by atoms with Crippen LogP contribution in [0.5, 0.6) is 0 Å². The van der Waals surface area contributed by atoms with Crippen molar-refractivity contribution in [2.45, 2.75) is 78.4 Å². The maximum absolute atomic E-state index is 12.8. The van der Waals surface area contributed by atoms with Crippen molar-refractivity contribution >= 4 is 29.7 Å². The molecule has 9 N–H and O–H groups in total. The van der Waals surface area contributed by atoms with Gasteiger partial charge in [0.2, 0.25) is 17.7 Å². The Morgan fingerprint density at radius 2 is 1.29 bits per heavy atom. The van der Waals surface area contributed by atoms with Crippen molar-refractivity contribution in [3.05, 3.63) is 0 Å². The number of carbonyl (C=O) groups is 4. The first kappa shape index (κ1) is 28.1. The molecule has 11 heteroatoms. The quantitative estimate of drug-likeness (QED) is 0.0897. The minimum Gasteiger partial charge on any atom is -0.480 e. The zero-order chi connectivity index (χ0) is 24.1. The molecule has 11 nitrogen and oxygen atoms in total. The molecule has 0 radical (unpaired) electrons. The fourth-order valence-corrected chi connectivity index (χ4v) is 2.99. The molecule has 0 aliphatic rings. The molecule has 0 saturated carbocycles. The number of carboxylic acids is 1. The summed E-state index contributed by atoms with van der Waals surface area (Å²) in [6.45, 7) is 9.30. The molecule has 0 aromatic heterocycles. The number of aliphatic carboxylic acids is 1. The summed E-state index contributed by atoms with van der Waals surface area (Å²) >= 11 is 0. The van der Waals surface area contributed by atoms with Crippen LogP contribution in [-0.2, 0) is 19.2 Å². The lowest BCUT2D eigenvalue weighted by Crippen LogP contribution is -2.78. The average molecular weight is 444 g/mol. The molecule has 0 aliphatic carbocycles. The first-order chi connectivity index (χ1) is 14.3. The SMILES string of the molecule is CC(=O)N[C@@H](CC(C)C)C(=O)N[C@@H](CC(C)C)C(=O)N[C@@H](CCC[NH+]=C(N)N)C(=O)O. The van der Waals surface area contributed by atoms with Crippen LogP contribution in [0.2, 0.25) is 0 Å². The lowest BCUT2D eigenvalue weighted by Gasteiger charge is -2.26. The first-order valence-corrected chi connectivity index (χ1v) is 10.6. The van der Waals surface area contributed by atoms with Gasteiger partial charge in [-0.3, -0.25) is 30.8 Å². The van der Waals surface area contributed by atoms with E-state index in [2.05, 4.69) is 20.9 Å². The van der Waals surface area contributed by atoms with E-state index in [0.29, 0.717) is 25.8 Å². The van der Waals surface area contributed by atoms with Crippen molar-refractivity contribution in [2.75, 3.05) is 6.54 Å². The highest BCUT2D eigenvalue weighted by Crippen LogP contribution is 2.09. The van der Waals surface area contributed by atoms with Crippen LogP contribution in [0.3, 0.4) is 0 Å². The molecule has 3 amide bonds. The summed E-state index contributed by atoms with van der Waals surface area (Å²) in [7, 11) is 0. The Balaban J connectivity index is 5.25. The monoisotopic (exact) mass is 443 g/mol. The van der Waals surface area contributed by atoms with Gasteiger partial charge in [0.1, 0.15) is 18.1 Å². The summed E-state index contributed by atoms with van der Waals surface area (Å²) in [6.07, 6.45) is 1.30. The van der Waals surface area contributed by atoms with E-state index >= 15 is 0 Å². The van der Waals surface area contributed by atoms with Crippen molar-refractivity contribution in [3.8, 4) is 0 Å². The van der Waals surface area contributed by atoms with Crippen molar-refractivity contribution in [3.63, 3.8) is 0 Å². The predicted octanol–water partition coefficient (Wildman–Crippen LogP) is -2.23. The Hall–Kier alpha value is -2.85. The number of nitrogens with one attached hydrogen (secondary N) is 4. The normalized spacial score (nSPS) is 13.8. The standard InChI is InChI=1S/C20H38N6O5/c1-11(2)9-15(24-13(5)27)17(28)26-16(10-12(3)4)18(29)25-14(19(30)31)7-6-8-23-20(21)22/h11-12,14-16H,6-10H2,1-5H3,(H,24,27)(H,25,29)(H,26,28)(H,30,31)(H4,21,22,23)/p+1/t14-,15-,16-/m0/s1. The molecule has 0 fully saturated rings. The third-order valence-corrected chi connectivity index (χ3v) is 4.35. The summed E-state index contributed by atoms with van der Waals surface area (Å²) < 4.78 is 0. The molecule has 0 bridgehead atoms. The highest BCUT2D eigenvalue weighted by molar-refractivity contribution is 5.93. The second-order valence-electron chi connectivity index (χ2n) is 8.50. The number of hydrogen-bond acceptors (Lipinski definition) is 4. The molecule has 3 atom stereocenters. The van der Waals surface area contributed by atoms with Gasteiger partial charge in [-0.05, 0) is 37.5 Å². The number of guanidine groups is 1. The molecule has 0 aromatic rings. The molecule has 0 unspecified atom stereocenters. The minimum absolute atomic E-state index is 0.0331. The van der Waals surface area contributed by atoms with E-state index in [-0.39, 0.29) is 30.1 Å². The largest absolute Gasteiger partial charge is 0.480 e. The highest BCUT2D eigenvalue weighted by atomic mass is 16.4. The molecule has 0 saturated heterocycles. The Labute approximate surface area is 183 Å². The van der Waals surface area contributed by atoms with Crippen molar-refractivity contribution < 1.29 is 29.3 Å². The smallest absolute Gasteiger partial charge is 0.338 e. The summed E-state index contributed by atoms with van der Waals surface area (Å²) in [5, 5.41) is 17.2. The minimum atomic E-state index is -1.18. The van der Waals surface area contributed by atoms with Crippen LogP contribution in [-0.4, -0.2) is 59.4 Å². The summed E-state index contributed by atoms with van der Waals surface area (Å²) in [5.74, 6) is -2.34. The lowest BCUT2D eigenvalue weighted by molar-refractivity contribution is -0.459. The van der Waals surface area contributed by atoms with Gasteiger partial charge in [0.25, 0.3) is 0 Å². The second-order valence-corrected chi connectivity index (χ2v) is 8.50. The van der Waals surface area contributed by atoms with E-state index in [0.717, 1.165) is 0 Å².